The molecule has 1 fully saturated rings. The highest BCUT2D eigenvalue weighted by molar-refractivity contribution is 8.00. The Morgan fingerprint density at radius 2 is 0.931 bits per heavy atom. The maximum absolute atomic E-state index is 2.60. The Bertz CT molecular complexity index is 948. The van der Waals surface area contributed by atoms with Gasteiger partial charge in [-0.05, 0) is 28.8 Å². The lowest BCUT2D eigenvalue weighted by molar-refractivity contribution is 0.638. The van der Waals surface area contributed by atoms with E-state index in [0.29, 0.717) is 5.25 Å². The fourth-order valence-corrected chi connectivity index (χ4v) is 5.94. The third-order valence-electron chi connectivity index (χ3n) is 5.52. The van der Waals surface area contributed by atoms with Crippen LogP contribution in [0.2, 0.25) is 0 Å². The summed E-state index contributed by atoms with van der Waals surface area (Å²) in [6.45, 7) is 0. The van der Waals surface area contributed by atoms with Gasteiger partial charge in [0.25, 0.3) is 0 Å². The number of anilines is 1. The summed E-state index contributed by atoms with van der Waals surface area (Å²) < 4.78 is 0. The zero-order valence-corrected chi connectivity index (χ0v) is 17.0. The number of benzene rings is 4. The van der Waals surface area contributed by atoms with Crippen LogP contribution in [0, 0.1) is 0 Å². The molecule has 0 saturated carbocycles. The van der Waals surface area contributed by atoms with Crippen molar-refractivity contribution in [3.8, 4) is 0 Å². The standard InChI is InChI=1S/C27H23NS/c1-5-13-21(14-6-1)25-26(22-15-7-2-8-16-22)29-27(23-17-9-3-10-18-23)28(25)24-19-11-4-12-20-24/h1-20,25-27H. The Balaban J connectivity index is 1.69. The summed E-state index contributed by atoms with van der Waals surface area (Å²) in [7, 11) is 0. The molecule has 1 aliphatic heterocycles. The number of hydrogen-bond donors (Lipinski definition) is 0. The molecule has 142 valence electrons. The summed E-state index contributed by atoms with van der Waals surface area (Å²) in [6.07, 6.45) is 0. The van der Waals surface area contributed by atoms with Crippen molar-refractivity contribution >= 4 is 17.4 Å². The van der Waals surface area contributed by atoms with E-state index in [9.17, 15) is 0 Å². The van der Waals surface area contributed by atoms with Crippen molar-refractivity contribution in [1.29, 1.82) is 0 Å². The van der Waals surface area contributed by atoms with Crippen molar-refractivity contribution in [2.24, 2.45) is 0 Å². The Hall–Kier alpha value is -2.97. The van der Waals surface area contributed by atoms with Crippen molar-refractivity contribution in [1.82, 2.24) is 0 Å². The highest BCUT2D eigenvalue weighted by atomic mass is 32.2. The minimum Gasteiger partial charge on any atom is -0.347 e. The van der Waals surface area contributed by atoms with Gasteiger partial charge in [0.15, 0.2) is 0 Å². The highest BCUT2D eigenvalue weighted by Gasteiger charge is 2.44. The molecule has 0 amide bonds. The number of rotatable bonds is 4. The average Bonchev–Trinajstić information content (AvgIpc) is 3.22. The monoisotopic (exact) mass is 393 g/mol. The minimum atomic E-state index is 0.258. The predicted molar refractivity (Wildman–Crippen MR) is 124 cm³/mol. The Labute approximate surface area is 177 Å². The maximum atomic E-state index is 2.60. The van der Waals surface area contributed by atoms with Crippen LogP contribution in [0.1, 0.15) is 33.4 Å². The van der Waals surface area contributed by atoms with E-state index in [2.05, 4.69) is 126 Å². The van der Waals surface area contributed by atoms with Gasteiger partial charge in [-0.15, -0.1) is 11.8 Å². The highest BCUT2D eigenvalue weighted by Crippen LogP contribution is 2.60. The van der Waals surface area contributed by atoms with E-state index in [-0.39, 0.29) is 11.4 Å². The molecule has 4 aromatic rings. The lowest BCUT2D eigenvalue weighted by Crippen LogP contribution is -2.27. The number of hydrogen-bond acceptors (Lipinski definition) is 2. The topological polar surface area (TPSA) is 3.24 Å². The minimum absolute atomic E-state index is 0.258. The van der Waals surface area contributed by atoms with Crippen LogP contribution in [0.15, 0.2) is 121 Å². The average molecular weight is 394 g/mol. The number of thioether (sulfide) groups is 1. The summed E-state index contributed by atoms with van der Waals surface area (Å²) in [5.41, 5.74) is 5.35. The quantitative estimate of drug-likeness (QED) is 0.355. The van der Waals surface area contributed by atoms with Crippen LogP contribution < -0.4 is 4.90 Å². The first kappa shape index (κ1) is 18.1. The molecule has 4 aromatic carbocycles. The third-order valence-corrected chi connectivity index (χ3v) is 7.10. The van der Waals surface area contributed by atoms with E-state index in [0.717, 1.165) is 0 Å². The van der Waals surface area contributed by atoms with Crippen molar-refractivity contribution in [3.63, 3.8) is 0 Å². The second-order valence-corrected chi connectivity index (χ2v) is 8.56. The van der Waals surface area contributed by atoms with Crippen molar-refractivity contribution < 1.29 is 0 Å². The number of para-hydroxylation sites is 1. The molecule has 0 radical (unpaired) electrons. The van der Waals surface area contributed by atoms with E-state index >= 15 is 0 Å². The molecule has 2 heteroatoms. The molecule has 29 heavy (non-hydrogen) atoms. The Morgan fingerprint density at radius 1 is 0.483 bits per heavy atom. The summed E-state index contributed by atoms with van der Waals surface area (Å²) in [4.78, 5) is 2.60. The summed E-state index contributed by atoms with van der Waals surface area (Å²) in [6, 6.07) is 43.9. The van der Waals surface area contributed by atoms with Crippen LogP contribution >= 0.6 is 11.8 Å². The van der Waals surface area contributed by atoms with Crippen molar-refractivity contribution in [2.45, 2.75) is 16.7 Å². The van der Waals surface area contributed by atoms with E-state index in [4.69, 9.17) is 0 Å². The van der Waals surface area contributed by atoms with E-state index in [1.807, 2.05) is 11.8 Å². The van der Waals surface area contributed by atoms with Crippen LogP contribution in [0.25, 0.3) is 0 Å². The fraction of sp³-hybridized carbons (Fsp3) is 0.111. The van der Waals surface area contributed by atoms with E-state index < -0.39 is 0 Å². The van der Waals surface area contributed by atoms with Gasteiger partial charge in [0.1, 0.15) is 5.37 Å². The lowest BCUT2D eigenvalue weighted by atomic mass is 9.96. The van der Waals surface area contributed by atoms with Crippen molar-refractivity contribution in [2.75, 3.05) is 4.90 Å². The van der Waals surface area contributed by atoms with Gasteiger partial charge in [-0.25, -0.2) is 0 Å². The molecule has 0 aromatic heterocycles. The van der Waals surface area contributed by atoms with Crippen LogP contribution in [0.5, 0.6) is 0 Å². The predicted octanol–water partition coefficient (Wildman–Crippen LogP) is 7.42. The van der Waals surface area contributed by atoms with Crippen LogP contribution in [-0.4, -0.2) is 0 Å². The Kier molecular flexibility index (Phi) is 5.10. The molecule has 3 unspecified atom stereocenters. The second-order valence-electron chi connectivity index (χ2n) is 7.33. The summed E-state index contributed by atoms with van der Waals surface area (Å²) >= 11 is 2.05. The fourth-order valence-electron chi connectivity index (χ4n) is 4.21. The molecule has 5 rings (SSSR count). The summed E-state index contributed by atoms with van der Waals surface area (Å²) in [5, 5.41) is 0.609. The van der Waals surface area contributed by atoms with Gasteiger partial charge in [0.05, 0.1) is 11.3 Å². The zero-order valence-electron chi connectivity index (χ0n) is 16.1. The van der Waals surface area contributed by atoms with E-state index in [1.165, 1.54) is 22.4 Å². The zero-order chi connectivity index (χ0) is 19.5. The smallest absolute Gasteiger partial charge is 0.102 e. The first-order chi connectivity index (χ1) is 14.4. The van der Waals surface area contributed by atoms with Crippen LogP contribution in [0.4, 0.5) is 5.69 Å². The van der Waals surface area contributed by atoms with Crippen molar-refractivity contribution in [3.05, 3.63) is 138 Å². The molecule has 1 aliphatic rings. The molecule has 1 saturated heterocycles. The summed E-state index contributed by atoms with van der Waals surface area (Å²) in [5.74, 6) is 0. The van der Waals surface area contributed by atoms with Crippen LogP contribution in [0.3, 0.4) is 0 Å². The Morgan fingerprint density at radius 3 is 1.48 bits per heavy atom. The van der Waals surface area contributed by atoms with Gasteiger partial charge in [0.2, 0.25) is 0 Å². The molecule has 0 spiro atoms. The molecule has 0 bridgehead atoms. The largest absolute Gasteiger partial charge is 0.347 e. The molecule has 1 heterocycles. The van der Waals surface area contributed by atoms with Gasteiger partial charge >= 0.3 is 0 Å². The first-order valence-electron chi connectivity index (χ1n) is 10.1. The molecular formula is C27H23NS. The molecule has 0 N–H and O–H groups in total. The number of nitrogens with zero attached hydrogens (tertiary/aromatic N) is 1. The first-order valence-corrected chi connectivity index (χ1v) is 11.0. The third kappa shape index (κ3) is 3.56. The molecule has 0 aliphatic carbocycles. The normalized spacial score (nSPS) is 21.2. The molecule has 3 atom stereocenters. The second kappa shape index (κ2) is 8.18. The van der Waals surface area contributed by atoms with Crippen LogP contribution in [-0.2, 0) is 0 Å². The lowest BCUT2D eigenvalue weighted by Gasteiger charge is -2.33. The maximum Gasteiger partial charge on any atom is 0.102 e. The molecular weight excluding hydrogens is 370 g/mol. The van der Waals surface area contributed by atoms with Gasteiger partial charge in [0, 0.05) is 5.69 Å². The van der Waals surface area contributed by atoms with E-state index in [1.54, 1.807) is 0 Å². The van der Waals surface area contributed by atoms with Gasteiger partial charge in [-0.2, -0.15) is 0 Å². The SMILES string of the molecule is c1ccc(C2SC(c3ccccc3)N(c3ccccc3)C2c2ccccc2)cc1. The van der Waals surface area contributed by atoms with Gasteiger partial charge in [-0.3, -0.25) is 0 Å². The van der Waals surface area contributed by atoms with Gasteiger partial charge in [-0.1, -0.05) is 109 Å². The van der Waals surface area contributed by atoms with Gasteiger partial charge < -0.3 is 4.90 Å². The molecule has 1 nitrogen and oxygen atoms in total.